The number of ketones is 1. The molecule has 0 fully saturated rings. The highest BCUT2D eigenvalue weighted by Crippen LogP contribution is 2.28. The highest BCUT2D eigenvalue weighted by molar-refractivity contribution is 5.97. The van der Waals surface area contributed by atoms with E-state index in [2.05, 4.69) is 26.8 Å². The van der Waals surface area contributed by atoms with Gasteiger partial charge in [0.1, 0.15) is 0 Å². The monoisotopic (exact) mass is 166 g/mol. The van der Waals surface area contributed by atoms with Crippen LogP contribution < -0.4 is 0 Å². The van der Waals surface area contributed by atoms with Crippen LogP contribution in [0.4, 0.5) is 0 Å². The quantitative estimate of drug-likeness (QED) is 0.616. The first-order valence-corrected chi connectivity index (χ1v) is 4.93. The van der Waals surface area contributed by atoms with Crippen molar-refractivity contribution in [2.75, 3.05) is 0 Å². The first-order chi connectivity index (χ1) is 5.69. The molecule has 0 aliphatic heterocycles. The lowest BCUT2D eigenvalue weighted by Gasteiger charge is -2.23. The molecule has 0 radical (unpaired) electrons. The molecular formula is C11H18O. The van der Waals surface area contributed by atoms with Gasteiger partial charge in [-0.15, -0.1) is 0 Å². The third-order valence-corrected chi connectivity index (χ3v) is 2.70. The SMILES string of the molecule is CCC1=CC(C)CC(CC)C1=O. The first kappa shape index (κ1) is 9.50. The van der Waals surface area contributed by atoms with E-state index in [-0.39, 0.29) is 0 Å². The van der Waals surface area contributed by atoms with Crippen LogP contribution in [0.3, 0.4) is 0 Å². The van der Waals surface area contributed by atoms with E-state index in [1.807, 2.05) is 0 Å². The van der Waals surface area contributed by atoms with Crippen molar-refractivity contribution < 1.29 is 4.79 Å². The fraction of sp³-hybridized carbons (Fsp3) is 0.727. The summed E-state index contributed by atoms with van der Waals surface area (Å²) in [6.07, 6.45) is 5.10. The molecule has 2 unspecified atom stereocenters. The van der Waals surface area contributed by atoms with E-state index >= 15 is 0 Å². The Balaban J connectivity index is 2.79. The van der Waals surface area contributed by atoms with Crippen LogP contribution in [0.2, 0.25) is 0 Å². The number of allylic oxidation sites excluding steroid dienone is 2. The van der Waals surface area contributed by atoms with Crippen molar-refractivity contribution in [2.24, 2.45) is 11.8 Å². The second-order valence-electron chi connectivity index (χ2n) is 3.73. The van der Waals surface area contributed by atoms with Crippen molar-refractivity contribution in [1.82, 2.24) is 0 Å². The predicted molar refractivity (Wildman–Crippen MR) is 50.9 cm³/mol. The third-order valence-electron chi connectivity index (χ3n) is 2.70. The minimum Gasteiger partial charge on any atom is -0.294 e. The van der Waals surface area contributed by atoms with Crippen LogP contribution in [-0.4, -0.2) is 5.78 Å². The van der Waals surface area contributed by atoms with Crippen molar-refractivity contribution in [1.29, 1.82) is 0 Å². The number of hydrogen-bond acceptors (Lipinski definition) is 1. The van der Waals surface area contributed by atoms with Gasteiger partial charge in [-0.05, 0) is 30.8 Å². The number of carbonyl (C=O) groups is 1. The van der Waals surface area contributed by atoms with Crippen molar-refractivity contribution in [2.45, 2.75) is 40.0 Å². The summed E-state index contributed by atoms with van der Waals surface area (Å²) in [5.41, 5.74) is 1.06. The Kier molecular flexibility index (Phi) is 3.07. The Morgan fingerprint density at radius 2 is 2.17 bits per heavy atom. The van der Waals surface area contributed by atoms with E-state index in [0.717, 1.165) is 24.8 Å². The summed E-state index contributed by atoms with van der Waals surface area (Å²) in [6.45, 7) is 6.37. The molecule has 0 N–H and O–H groups in total. The van der Waals surface area contributed by atoms with E-state index in [4.69, 9.17) is 0 Å². The van der Waals surface area contributed by atoms with E-state index in [9.17, 15) is 4.79 Å². The summed E-state index contributed by atoms with van der Waals surface area (Å²) in [6, 6.07) is 0. The van der Waals surface area contributed by atoms with Crippen LogP contribution in [0.1, 0.15) is 40.0 Å². The zero-order valence-electron chi connectivity index (χ0n) is 8.26. The molecule has 1 aliphatic rings. The zero-order chi connectivity index (χ0) is 9.14. The molecule has 0 aromatic heterocycles. The van der Waals surface area contributed by atoms with Gasteiger partial charge in [-0.3, -0.25) is 4.79 Å². The molecule has 0 bridgehead atoms. The van der Waals surface area contributed by atoms with Gasteiger partial charge in [-0.25, -0.2) is 0 Å². The molecule has 0 heterocycles. The Morgan fingerprint density at radius 3 is 2.67 bits per heavy atom. The highest BCUT2D eigenvalue weighted by atomic mass is 16.1. The largest absolute Gasteiger partial charge is 0.294 e. The Hall–Kier alpha value is -0.590. The average Bonchev–Trinajstić information content (AvgIpc) is 2.08. The molecule has 1 aliphatic carbocycles. The topological polar surface area (TPSA) is 17.1 Å². The summed E-state index contributed by atoms with van der Waals surface area (Å²) in [5, 5.41) is 0. The Bertz CT molecular complexity index is 203. The molecule has 1 nitrogen and oxygen atoms in total. The number of carbonyl (C=O) groups excluding carboxylic acids is 1. The van der Waals surface area contributed by atoms with Crippen LogP contribution in [0, 0.1) is 11.8 Å². The van der Waals surface area contributed by atoms with Gasteiger partial charge in [-0.1, -0.05) is 26.8 Å². The highest BCUT2D eigenvalue weighted by Gasteiger charge is 2.25. The zero-order valence-corrected chi connectivity index (χ0v) is 8.26. The average molecular weight is 166 g/mol. The second-order valence-corrected chi connectivity index (χ2v) is 3.73. The van der Waals surface area contributed by atoms with E-state index in [0.29, 0.717) is 17.6 Å². The van der Waals surface area contributed by atoms with Gasteiger partial charge >= 0.3 is 0 Å². The number of rotatable bonds is 2. The summed E-state index contributed by atoms with van der Waals surface area (Å²) in [5.74, 6) is 1.31. The first-order valence-electron chi connectivity index (χ1n) is 4.93. The number of hydrogen-bond donors (Lipinski definition) is 0. The minimum atomic E-state index is 0.306. The van der Waals surface area contributed by atoms with Gasteiger partial charge in [0.15, 0.2) is 5.78 Å². The Labute approximate surface area is 74.9 Å². The van der Waals surface area contributed by atoms with Crippen LogP contribution in [0.25, 0.3) is 0 Å². The lowest BCUT2D eigenvalue weighted by Crippen LogP contribution is -2.23. The lowest BCUT2D eigenvalue weighted by atomic mass is 9.80. The van der Waals surface area contributed by atoms with Gasteiger partial charge in [0, 0.05) is 5.92 Å². The van der Waals surface area contributed by atoms with Gasteiger partial charge < -0.3 is 0 Å². The van der Waals surface area contributed by atoms with Crippen molar-refractivity contribution in [3.63, 3.8) is 0 Å². The van der Waals surface area contributed by atoms with Crippen LogP contribution in [-0.2, 0) is 4.79 Å². The Morgan fingerprint density at radius 1 is 1.50 bits per heavy atom. The minimum absolute atomic E-state index is 0.306. The second kappa shape index (κ2) is 3.88. The molecule has 1 heteroatoms. The van der Waals surface area contributed by atoms with Crippen molar-refractivity contribution in [3.05, 3.63) is 11.6 Å². The van der Waals surface area contributed by atoms with E-state index in [1.165, 1.54) is 0 Å². The molecule has 0 aromatic carbocycles. The molecule has 0 saturated heterocycles. The maximum absolute atomic E-state index is 11.7. The molecular weight excluding hydrogens is 148 g/mol. The van der Waals surface area contributed by atoms with Gasteiger partial charge in [0.25, 0.3) is 0 Å². The smallest absolute Gasteiger partial charge is 0.161 e. The molecule has 68 valence electrons. The summed E-state index contributed by atoms with van der Waals surface area (Å²) in [4.78, 5) is 11.7. The standard InChI is InChI=1S/C11H18O/c1-4-9-6-8(3)7-10(5-2)11(9)12/h6,8,10H,4-5,7H2,1-3H3. The predicted octanol–water partition coefficient (Wildman–Crippen LogP) is 2.96. The van der Waals surface area contributed by atoms with Crippen LogP contribution >= 0.6 is 0 Å². The maximum Gasteiger partial charge on any atom is 0.161 e. The molecule has 1 rings (SSSR count). The van der Waals surface area contributed by atoms with Crippen molar-refractivity contribution in [3.8, 4) is 0 Å². The van der Waals surface area contributed by atoms with E-state index < -0.39 is 0 Å². The summed E-state index contributed by atoms with van der Waals surface area (Å²) in [7, 11) is 0. The molecule has 2 atom stereocenters. The molecule has 0 aromatic rings. The summed E-state index contributed by atoms with van der Waals surface area (Å²) >= 11 is 0. The molecule has 12 heavy (non-hydrogen) atoms. The molecule has 0 spiro atoms. The van der Waals surface area contributed by atoms with Gasteiger partial charge in [-0.2, -0.15) is 0 Å². The maximum atomic E-state index is 11.7. The third kappa shape index (κ3) is 1.77. The van der Waals surface area contributed by atoms with Crippen LogP contribution in [0.5, 0.6) is 0 Å². The van der Waals surface area contributed by atoms with Gasteiger partial charge in [0.05, 0.1) is 0 Å². The normalized spacial score (nSPS) is 30.2. The van der Waals surface area contributed by atoms with E-state index in [1.54, 1.807) is 0 Å². The molecule has 0 saturated carbocycles. The van der Waals surface area contributed by atoms with Crippen LogP contribution in [0.15, 0.2) is 11.6 Å². The molecule has 0 amide bonds. The summed E-state index contributed by atoms with van der Waals surface area (Å²) < 4.78 is 0. The lowest BCUT2D eigenvalue weighted by molar-refractivity contribution is -0.120. The number of Topliss-reactive ketones (excluding diaryl/α,β-unsaturated/α-hetero) is 1. The fourth-order valence-electron chi connectivity index (χ4n) is 1.96. The fourth-order valence-corrected chi connectivity index (χ4v) is 1.96. The van der Waals surface area contributed by atoms with Gasteiger partial charge in [0.2, 0.25) is 0 Å². The van der Waals surface area contributed by atoms with Crippen molar-refractivity contribution >= 4 is 5.78 Å².